The molecule has 0 saturated carbocycles. The zero-order valence-corrected chi connectivity index (χ0v) is 22.7. The second-order valence-electron chi connectivity index (χ2n) is 9.11. The minimum absolute atomic E-state index is 0.0898. The SMILES string of the molecule is Cc1cc([N+](=O)[O-])ccc1OC(=O)Oc1ccc(NC(=O)[C@H](C)NC(=O)[C@H](C)NC(=O)CCN2C(=O)C=CC2=O)cc1. The number of nitro groups is 1. The molecular formula is C27H27N5O10. The maximum absolute atomic E-state index is 12.5. The summed E-state index contributed by atoms with van der Waals surface area (Å²) in [7, 11) is 0. The topological polar surface area (TPSA) is 203 Å². The van der Waals surface area contributed by atoms with Crippen LogP contribution >= 0.6 is 0 Å². The first-order valence-electron chi connectivity index (χ1n) is 12.5. The molecule has 0 saturated heterocycles. The summed E-state index contributed by atoms with van der Waals surface area (Å²) >= 11 is 0. The number of carbonyl (C=O) groups excluding carboxylic acids is 6. The van der Waals surface area contributed by atoms with Crippen LogP contribution in [0.15, 0.2) is 54.6 Å². The first-order valence-corrected chi connectivity index (χ1v) is 12.5. The van der Waals surface area contributed by atoms with E-state index in [0.717, 1.165) is 17.1 Å². The van der Waals surface area contributed by atoms with E-state index in [1.165, 1.54) is 63.2 Å². The van der Waals surface area contributed by atoms with E-state index >= 15 is 0 Å². The molecule has 2 aromatic rings. The maximum Gasteiger partial charge on any atom is 0.519 e. The van der Waals surface area contributed by atoms with Crippen molar-refractivity contribution in [2.24, 2.45) is 0 Å². The predicted octanol–water partition coefficient (Wildman–Crippen LogP) is 1.74. The number of hydrogen-bond donors (Lipinski definition) is 3. The summed E-state index contributed by atoms with van der Waals surface area (Å²) in [6.07, 6.45) is 0.945. The Hall–Kier alpha value is -5.60. The Labute approximate surface area is 239 Å². The number of nitro benzene ring substituents is 1. The number of aryl methyl sites for hydroxylation is 1. The summed E-state index contributed by atoms with van der Waals surface area (Å²) in [6, 6.07) is 7.40. The van der Waals surface area contributed by atoms with Gasteiger partial charge in [-0.25, -0.2) is 4.79 Å². The number of non-ortho nitro benzene ring substituents is 1. The number of rotatable bonds is 11. The van der Waals surface area contributed by atoms with E-state index in [0.29, 0.717) is 11.3 Å². The van der Waals surface area contributed by atoms with E-state index in [1.54, 1.807) is 0 Å². The Morgan fingerprint density at radius 2 is 1.52 bits per heavy atom. The van der Waals surface area contributed by atoms with Gasteiger partial charge in [0.25, 0.3) is 17.5 Å². The number of amides is 5. The second-order valence-corrected chi connectivity index (χ2v) is 9.11. The van der Waals surface area contributed by atoms with Crippen molar-refractivity contribution in [2.45, 2.75) is 39.3 Å². The smallest absolute Gasteiger partial charge is 0.395 e. The zero-order chi connectivity index (χ0) is 31.0. The highest BCUT2D eigenvalue weighted by atomic mass is 16.7. The molecule has 2 aromatic carbocycles. The van der Waals surface area contributed by atoms with Crippen molar-refractivity contribution in [2.75, 3.05) is 11.9 Å². The van der Waals surface area contributed by atoms with Crippen molar-refractivity contribution in [3.8, 4) is 11.5 Å². The molecule has 3 N–H and O–H groups in total. The summed E-state index contributed by atoms with van der Waals surface area (Å²) in [5.41, 5.74) is 0.541. The second kappa shape index (κ2) is 13.6. The molecule has 0 aliphatic carbocycles. The van der Waals surface area contributed by atoms with Crippen LogP contribution in [0.5, 0.6) is 11.5 Å². The number of ether oxygens (including phenoxy) is 2. The number of nitrogens with one attached hydrogen (secondary N) is 3. The Morgan fingerprint density at radius 3 is 2.12 bits per heavy atom. The molecule has 3 rings (SSSR count). The van der Waals surface area contributed by atoms with Crippen molar-refractivity contribution in [3.63, 3.8) is 0 Å². The van der Waals surface area contributed by atoms with Crippen LogP contribution in [0.25, 0.3) is 0 Å². The Balaban J connectivity index is 1.42. The van der Waals surface area contributed by atoms with Crippen LogP contribution in [0, 0.1) is 17.0 Å². The van der Waals surface area contributed by atoms with Gasteiger partial charge in [0, 0.05) is 42.9 Å². The quantitative estimate of drug-likeness (QED) is 0.115. The molecule has 0 aromatic heterocycles. The van der Waals surface area contributed by atoms with Gasteiger partial charge in [0.15, 0.2) is 0 Å². The molecule has 15 nitrogen and oxygen atoms in total. The van der Waals surface area contributed by atoms with Crippen molar-refractivity contribution in [3.05, 3.63) is 70.3 Å². The zero-order valence-electron chi connectivity index (χ0n) is 22.7. The number of benzene rings is 2. The molecule has 0 radical (unpaired) electrons. The van der Waals surface area contributed by atoms with Gasteiger partial charge in [0.1, 0.15) is 23.6 Å². The molecule has 0 spiro atoms. The number of nitrogens with zero attached hydrogens (tertiary/aromatic N) is 2. The lowest BCUT2D eigenvalue weighted by molar-refractivity contribution is -0.384. The monoisotopic (exact) mass is 581 g/mol. The molecule has 1 aliphatic rings. The largest absolute Gasteiger partial charge is 0.519 e. The van der Waals surface area contributed by atoms with Gasteiger partial charge in [0.05, 0.1) is 4.92 Å². The lowest BCUT2D eigenvalue weighted by Gasteiger charge is -2.19. The van der Waals surface area contributed by atoms with Crippen LogP contribution in [0.1, 0.15) is 25.8 Å². The van der Waals surface area contributed by atoms with Gasteiger partial charge >= 0.3 is 6.16 Å². The van der Waals surface area contributed by atoms with Crippen molar-refractivity contribution >= 4 is 47.1 Å². The van der Waals surface area contributed by atoms with Gasteiger partial charge in [0.2, 0.25) is 17.7 Å². The fraction of sp³-hybridized carbons (Fsp3) is 0.259. The lowest BCUT2D eigenvalue weighted by Crippen LogP contribution is -2.50. The van der Waals surface area contributed by atoms with Gasteiger partial charge in [-0.3, -0.25) is 39.0 Å². The van der Waals surface area contributed by atoms with Crippen molar-refractivity contribution < 1.29 is 43.2 Å². The first-order chi connectivity index (χ1) is 19.8. The summed E-state index contributed by atoms with van der Waals surface area (Å²) in [4.78, 5) is 83.4. The van der Waals surface area contributed by atoms with Crippen molar-refractivity contribution in [1.29, 1.82) is 0 Å². The van der Waals surface area contributed by atoms with E-state index in [-0.39, 0.29) is 30.2 Å². The number of hydrogen-bond acceptors (Lipinski definition) is 10. The highest BCUT2D eigenvalue weighted by Gasteiger charge is 2.25. The molecular weight excluding hydrogens is 554 g/mol. The Kier molecular flexibility index (Phi) is 10.1. The number of imide groups is 1. The van der Waals surface area contributed by atoms with Crippen LogP contribution in [0.2, 0.25) is 0 Å². The molecule has 1 heterocycles. The highest BCUT2D eigenvalue weighted by molar-refractivity contribution is 6.13. The van der Waals surface area contributed by atoms with Gasteiger partial charge in [-0.2, -0.15) is 0 Å². The van der Waals surface area contributed by atoms with Crippen LogP contribution in [-0.2, 0) is 24.0 Å². The van der Waals surface area contributed by atoms with Crippen LogP contribution in [0.3, 0.4) is 0 Å². The summed E-state index contributed by atoms with van der Waals surface area (Å²) in [5, 5.41) is 18.3. The molecule has 5 amide bonds. The molecule has 0 bridgehead atoms. The Bertz CT molecular complexity index is 1440. The first kappa shape index (κ1) is 30.9. The predicted molar refractivity (Wildman–Crippen MR) is 145 cm³/mol. The summed E-state index contributed by atoms with van der Waals surface area (Å²) < 4.78 is 10.2. The van der Waals surface area contributed by atoms with E-state index < -0.39 is 52.7 Å². The average Bonchev–Trinajstić information content (AvgIpc) is 3.25. The van der Waals surface area contributed by atoms with E-state index in [9.17, 15) is 38.9 Å². The maximum atomic E-state index is 12.5. The fourth-order valence-electron chi connectivity index (χ4n) is 3.57. The lowest BCUT2D eigenvalue weighted by atomic mass is 10.2. The number of carbonyl (C=O) groups is 6. The normalized spacial score (nSPS) is 13.6. The van der Waals surface area contributed by atoms with Crippen LogP contribution in [0.4, 0.5) is 16.2 Å². The standard InChI is InChI=1S/C27H27N5O10/c1-15-14-19(32(39)40)6-9-21(15)42-27(38)41-20-7-4-18(5-8-20)30-26(37)17(3)29-25(36)16(2)28-22(33)12-13-31-23(34)10-11-24(31)35/h4-11,14,16-17H,12-13H2,1-3H3,(H,28,33)(H,29,36)(H,30,37)/t16-,17-/m0/s1. The molecule has 0 unspecified atom stereocenters. The molecule has 1 aliphatic heterocycles. The fourth-order valence-corrected chi connectivity index (χ4v) is 3.57. The Morgan fingerprint density at radius 1 is 0.905 bits per heavy atom. The molecule has 42 heavy (non-hydrogen) atoms. The third-order valence-corrected chi connectivity index (χ3v) is 5.87. The van der Waals surface area contributed by atoms with Crippen molar-refractivity contribution in [1.82, 2.24) is 15.5 Å². The van der Waals surface area contributed by atoms with Crippen LogP contribution < -0.4 is 25.4 Å². The van der Waals surface area contributed by atoms with E-state index in [1.807, 2.05) is 0 Å². The van der Waals surface area contributed by atoms with Gasteiger partial charge in [-0.1, -0.05) is 0 Å². The number of anilines is 1. The van der Waals surface area contributed by atoms with Gasteiger partial charge in [-0.15, -0.1) is 0 Å². The van der Waals surface area contributed by atoms with E-state index in [2.05, 4.69) is 16.0 Å². The molecule has 15 heteroatoms. The molecule has 220 valence electrons. The minimum atomic E-state index is -1.07. The van der Waals surface area contributed by atoms with Crippen LogP contribution in [-0.4, -0.2) is 64.1 Å². The molecule has 0 fully saturated rings. The summed E-state index contributed by atoms with van der Waals surface area (Å²) in [5.74, 6) is -2.61. The minimum Gasteiger partial charge on any atom is -0.395 e. The molecule has 2 atom stereocenters. The highest BCUT2D eigenvalue weighted by Crippen LogP contribution is 2.24. The van der Waals surface area contributed by atoms with Gasteiger partial charge < -0.3 is 25.4 Å². The third kappa shape index (κ3) is 8.45. The van der Waals surface area contributed by atoms with E-state index in [4.69, 9.17) is 9.47 Å². The average molecular weight is 582 g/mol. The van der Waals surface area contributed by atoms with Gasteiger partial charge in [-0.05, 0) is 56.7 Å². The summed E-state index contributed by atoms with van der Waals surface area (Å²) in [6.45, 7) is 4.26. The third-order valence-electron chi connectivity index (χ3n) is 5.87.